The van der Waals surface area contributed by atoms with E-state index in [9.17, 15) is 9.59 Å². The number of amides is 2. The molecular weight excluding hydrogens is 436 g/mol. The van der Waals surface area contributed by atoms with E-state index in [1.54, 1.807) is 18.9 Å². The Morgan fingerprint density at radius 3 is 2.45 bits per heavy atom. The number of carbonyl (C=O) groups excluding carboxylic acids is 2. The number of ether oxygens (including phenoxy) is 1. The molecule has 3 atom stereocenters. The summed E-state index contributed by atoms with van der Waals surface area (Å²) >= 11 is 1.65. The maximum Gasteiger partial charge on any atom is 0.227 e. The average molecular weight is 469 g/mol. The Morgan fingerprint density at radius 1 is 1.06 bits per heavy atom. The minimum Gasteiger partial charge on any atom is -0.495 e. The second kappa shape index (κ2) is 10.9. The lowest BCUT2D eigenvalue weighted by molar-refractivity contribution is -0.138. The van der Waals surface area contributed by atoms with Gasteiger partial charge >= 0.3 is 0 Å². The molecule has 4 rings (SSSR count). The van der Waals surface area contributed by atoms with E-state index < -0.39 is 0 Å². The molecule has 2 heterocycles. The molecule has 2 amide bonds. The Bertz CT molecular complexity index is 950. The van der Waals surface area contributed by atoms with Crippen LogP contribution in [0.5, 0.6) is 5.75 Å². The smallest absolute Gasteiger partial charge is 0.227 e. The molecule has 2 aliphatic heterocycles. The number of nitrogens with zero attached hydrogens (tertiary/aromatic N) is 2. The number of methoxy groups -OCH3 is 1. The largest absolute Gasteiger partial charge is 0.495 e. The number of rotatable bonds is 7. The van der Waals surface area contributed by atoms with Gasteiger partial charge in [0.25, 0.3) is 0 Å². The first-order chi connectivity index (χ1) is 16.0. The Balaban J connectivity index is 1.26. The quantitative estimate of drug-likeness (QED) is 0.651. The molecule has 0 aromatic heterocycles. The molecule has 0 saturated carbocycles. The van der Waals surface area contributed by atoms with Crippen molar-refractivity contribution in [2.24, 2.45) is 5.92 Å². The fourth-order valence-electron chi connectivity index (χ4n) is 4.38. The van der Waals surface area contributed by atoms with Crippen LogP contribution in [-0.4, -0.2) is 61.5 Å². The second-order valence-corrected chi connectivity index (χ2v) is 9.58. The Labute approximate surface area is 199 Å². The summed E-state index contributed by atoms with van der Waals surface area (Å²) in [7, 11) is 1.67. The van der Waals surface area contributed by atoms with Crippen LogP contribution in [0.4, 0.5) is 5.69 Å². The average Bonchev–Trinajstić information content (AvgIpc) is 2.85. The summed E-state index contributed by atoms with van der Waals surface area (Å²) < 4.78 is 5.47. The number of nitrogens with one attached hydrogen (secondary N) is 2. The lowest BCUT2D eigenvalue weighted by atomic mass is 9.94. The molecule has 176 valence electrons. The van der Waals surface area contributed by atoms with Gasteiger partial charge in [-0.1, -0.05) is 42.5 Å². The number of anilines is 1. The van der Waals surface area contributed by atoms with Crippen LogP contribution < -0.4 is 20.3 Å². The first-order valence-corrected chi connectivity index (χ1v) is 12.5. The van der Waals surface area contributed by atoms with Crippen molar-refractivity contribution in [1.29, 1.82) is 0 Å². The van der Waals surface area contributed by atoms with Crippen molar-refractivity contribution in [2.45, 2.75) is 30.6 Å². The zero-order valence-corrected chi connectivity index (χ0v) is 20.0. The highest BCUT2D eigenvalue weighted by Crippen LogP contribution is 2.29. The molecule has 8 heteroatoms. The summed E-state index contributed by atoms with van der Waals surface area (Å²) in [5.41, 5.74) is 2.12. The first kappa shape index (κ1) is 23.4. The lowest BCUT2D eigenvalue weighted by Gasteiger charge is -2.39. The predicted octanol–water partition coefficient (Wildman–Crippen LogP) is 2.68. The highest BCUT2D eigenvalue weighted by atomic mass is 32.2. The van der Waals surface area contributed by atoms with Gasteiger partial charge in [-0.3, -0.25) is 14.9 Å². The van der Waals surface area contributed by atoms with Gasteiger partial charge in [0.1, 0.15) is 11.2 Å². The van der Waals surface area contributed by atoms with Crippen LogP contribution in [0, 0.1) is 5.92 Å². The molecule has 7 nitrogen and oxygen atoms in total. The van der Waals surface area contributed by atoms with Gasteiger partial charge < -0.3 is 19.9 Å². The van der Waals surface area contributed by atoms with E-state index in [0.717, 1.165) is 30.3 Å². The van der Waals surface area contributed by atoms with E-state index in [1.165, 1.54) is 5.56 Å². The van der Waals surface area contributed by atoms with Crippen LogP contribution in [0.2, 0.25) is 0 Å². The Hall–Kier alpha value is -2.71. The summed E-state index contributed by atoms with van der Waals surface area (Å²) in [6.45, 7) is 4.77. The summed E-state index contributed by atoms with van der Waals surface area (Å²) in [6, 6.07) is 18.1. The number of thioether (sulfide) groups is 1. The van der Waals surface area contributed by atoms with Crippen LogP contribution in [-0.2, 0) is 15.3 Å². The van der Waals surface area contributed by atoms with Gasteiger partial charge in [-0.05, 0) is 24.6 Å². The van der Waals surface area contributed by atoms with E-state index in [0.29, 0.717) is 13.1 Å². The van der Waals surface area contributed by atoms with E-state index in [2.05, 4.69) is 27.7 Å². The topological polar surface area (TPSA) is 73.9 Å². The Morgan fingerprint density at radius 2 is 1.76 bits per heavy atom. The number of hydrogen-bond acceptors (Lipinski definition) is 6. The van der Waals surface area contributed by atoms with Crippen molar-refractivity contribution >= 4 is 29.3 Å². The molecule has 0 radical (unpaired) electrons. The summed E-state index contributed by atoms with van der Waals surface area (Å²) in [5.74, 6) is 1.28. The highest BCUT2D eigenvalue weighted by Gasteiger charge is 2.36. The molecule has 2 aromatic carbocycles. The predicted molar refractivity (Wildman–Crippen MR) is 132 cm³/mol. The molecule has 2 fully saturated rings. The van der Waals surface area contributed by atoms with Crippen molar-refractivity contribution in [3.05, 3.63) is 60.2 Å². The first-order valence-electron chi connectivity index (χ1n) is 11.4. The van der Waals surface area contributed by atoms with Crippen molar-refractivity contribution in [2.75, 3.05) is 38.2 Å². The maximum atomic E-state index is 13.0. The van der Waals surface area contributed by atoms with Gasteiger partial charge in [0.15, 0.2) is 0 Å². The minimum absolute atomic E-state index is 0.0406. The monoisotopic (exact) mass is 468 g/mol. The normalized spacial score (nSPS) is 23.2. The van der Waals surface area contributed by atoms with E-state index in [1.807, 2.05) is 54.3 Å². The van der Waals surface area contributed by atoms with Gasteiger partial charge in [0, 0.05) is 44.4 Å². The zero-order chi connectivity index (χ0) is 23.2. The molecule has 2 saturated heterocycles. The van der Waals surface area contributed by atoms with Crippen LogP contribution in [0.25, 0.3) is 0 Å². The van der Waals surface area contributed by atoms with E-state index in [-0.39, 0.29) is 35.7 Å². The molecule has 0 bridgehead atoms. The van der Waals surface area contributed by atoms with Crippen LogP contribution >= 0.6 is 11.8 Å². The van der Waals surface area contributed by atoms with Gasteiger partial charge in [0.05, 0.1) is 18.7 Å². The van der Waals surface area contributed by atoms with Gasteiger partial charge in [-0.25, -0.2) is 0 Å². The number of hydrogen-bond donors (Lipinski definition) is 2. The maximum absolute atomic E-state index is 13.0. The van der Waals surface area contributed by atoms with Crippen LogP contribution in [0.15, 0.2) is 54.6 Å². The fourth-order valence-corrected chi connectivity index (χ4v) is 5.44. The van der Waals surface area contributed by atoms with Crippen LogP contribution in [0.1, 0.15) is 18.9 Å². The molecular formula is C25H32N4O3S. The van der Waals surface area contributed by atoms with Gasteiger partial charge in [-0.15, -0.1) is 11.8 Å². The van der Waals surface area contributed by atoms with Crippen molar-refractivity contribution < 1.29 is 14.3 Å². The number of piperazine rings is 1. The van der Waals surface area contributed by atoms with Crippen LogP contribution in [0.3, 0.4) is 0 Å². The number of carbonyl (C=O) groups is 2. The minimum atomic E-state index is -0.363. The fraction of sp³-hybridized carbons (Fsp3) is 0.440. The standard InChI is InChI=1S/C25H32N4O3S/c1-18-20(24(31)27-25(26-18)33-17-19-8-4-3-5-9-19)16-23(30)29-14-12-28(13-15-29)21-10-6-7-11-22(21)32-2/h3-11,18,20,25-26H,12-17H2,1-2H3,(H,27,31). The van der Waals surface area contributed by atoms with Gasteiger partial charge in [0.2, 0.25) is 11.8 Å². The second-order valence-electron chi connectivity index (χ2n) is 8.49. The third kappa shape index (κ3) is 5.81. The van der Waals surface area contributed by atoms with Crippen molar-refractivity contribution in [3.63, 3.8) is 0 Å². The highest BCUT2D eigenvalue weighted by molar-refractivity contribution is 7.99. The molecule has 0 spiro atoms. The molecule has 33 heavy (non-hydrogen) atoms. The zero-order valence-electron chi connectivity index (χ0n) is 19.2. The Kier molecular flexibility index (Phi) is 7.77. The third-order valence-corrected chi connectivity index (χ3v) is 7.43. The van der Waals surface area contributed by atoms with Crippen molar-refractivity contribution in [3.8, 4) is 5.75 Å². The molecule has 2 N–H and O–H groups in total. The summed E-state index contributed by atoms with van der Waals surface area (Å²) in [5, 5.41) is 6.49. The number of benzene rings is 2. The van der Waals surface area contributed by atoms with E-state index in [4.69, 9.17) is 4.74 Å². The summed E-state index contributed by atoms with van der Waals surface area (Å²) in [4.78, 5) is 29.9. The van der Waals surface area contributed by atoms with E-state index >= 15 is 0 Å². The van der Waals surface area contributed by atoms with Gasteiger partial charge in [-0.2, -0.15) is 0 Å². The van der Waals surface area contributed by atoms with Crippen molar-refractivity contribution in [1.82, 2.24) is 15.5 Å². The SMILES string of the molecule is COc1ccccc1N1CCN(C(=O)CC2C(=O)NC(SCc3ccccc3)NC2C)CC1. The molecule has 2 aromatic rings. The lowest BCUT2D eigenvalue weighted by Crippen LogP contribution is -2.60. The summed E-state index contributed by atoms with van der Waals surface area (Å²) in [6.07, 6.45) is 0.227. The third-order valence-electron chi connectivity index (χ3n) is 6.34. The molecule has 0 aliphatic carbocycles. The molecule has 2 aliphatic rings. The molecule has 3 unspecified atom stereocenters. The number of para-hydroxylation sites is 2.